The third-order valence-electron chi connectivity index (χ3n) is 4.55. The minimum absolute atomic E-state index is 0.972. The lowest BCUT2D eigenvalue weighted by molar-refractivity contribution is 1.23. The molecular weight excluding hydrogens is 292 g/mol. The summed E-state index contributed by atoms with van der Waals surface area (Å²) >= 11 is 0. The zero-order valence-corrected chi connectivity index (χ0v) is 13.0. The summed E-state index contributed by atoms with van der Waals surface area (Å²) in [7, 11) is 0. The second-order valence-electron chi connectivity index (χ2n) is 5.93. The van der Waals surface area contributed by atoms with Gasteiger partial charge in [0.25, 0.3) is 0 Å². The molecule has 0 atom stereocenters. The van der Waals surface area contributed by atoms with Crippen molar-refractivity contribution >= 4 is 32.4 Å². The normalized spacial score (nSPS) is 11.3. The van der Waals surface area contributed by atoms with Gasteiger partial charge in [0.15, 0.2) is 0 Å². The van der Waals surface area contributed by atoms with Crippen LogP contribution in [0, 0.1) is 0 Å². The smallest absolute Gasteiger partial charge is 0.116 e. The Morgan fingerprint density at radius 1 is 0.542 bits per heavy atom. The molecule has 2 nitrogen and oxygen atoms in total. The SMILES string of the molecule is c1ccc2c(-c3ncnc4ccccc34)c3ccccc3cc2c1. The Kier molecular flexibility index (Phi) is 2.83. The highest BCUT2D eigenvalue weighted by Crippen LogP contribution is 2.37. The molecule has 0 unspecified atom stereocenters. The second kappa shape index (κ2) is 5.14. The topological polar surface area (TPSA) is 25.8 Å². The summed E-state index contributed by atoms with van der Waals surface area (Å²) in [6.07, 6.45) is 1.66. The van der Waals surface area contributed by atoms with E-state index in [0.29, 0.717) is 0 Å². The van der Waals surface area contributed by atoms with Gasteiger partial charge in [0, 0.05) is 10.9 Å². The Hall–Kier alpha value is -3.26. The molecule has 0 N–H and O–H groups in total. The van der Waals surface area contributed by atoms with E-state index in [9.17, 15) is 0 Å². The maximum Gasteiger partial charge on any atom is 0.116 e. The van der Waals surface area contributed by atoms with E-state index in [-0.39, 0.29) is 0 Å². The number of benzene rings is 4. The van der Waals surface area contributed by atoms with Gasteiger partial charge in [-0.25, -0.2) is 9.97 Å². The summed E-state index contributed by atoms with van der Waals surface area (Å²) < 4.78 is 0. The van der Waals surface area contributed by atoms with Crippen molar-refractivity contribution in [2.75, 3.05) is 0 Å². The quantitative estimate of drug-likeness (QED) is 0.376. The molecule has 0 spiro atoms. The first-order valence-corrected chi connectivity index (χ1v) is 8.02. The molecule has 5 rings (SSSR count). The van der Waals surface area contributed by atoms with Crippen LogP contribution < -0.4 is 0 Å². The third-order valence-corrected chi connectivity index (χ3v) is 4.55. The molecule has 0 saturated heterocycles. The molecule has 0 aliphatic carbocycles. The van der Waals surface area contributed by atoms with E-state index in [0.717, 1.165) is 16.6 Å². The van der Waals surface area contributed by atoms with Gasteiger partial charge in [0.2, 0.25) is 0 Å². The lowest BCUT2D eigenvalue weighted by Gasteiger charge is -2.12. The van der Waals surface area contributed by atoms with E-state index >= 15 is 0 Å². The van der Waals surface area contributed by atoms with Gasteiger partial charge in [-0.3, -0.25) is 0 Å². The molecule has 2 heteroatoms. The lowest BCUT2D eigenvalue weighted by Crippen LogP contribution is -1.91. The third kappa shape index (κ3) is 1.90. The minimum Gasteiger partial charge on any atom is -0.236 e. The number of hydrogen-bond donors (Lipinski definition) is 0. The molecule has 0 bridgehead atoms. The maximum atomic E-state index is 4.67. The van der Waals surface area contributed by atoms with Crippen LogP contribution in [0.2, 0.25) is 0 Å². The summed E-state index contributed by atoms with van der Waals surface area (Å²) in [5.74, 6) is 0. The van der Waals surface area contributed by atoms with Gasteiger partial charge < -0.3 is 0 Å². The van der Waals surface area contributed by atoms with Crippen molar-refractivity contribution in [2.45, 2.75) is 0 Å². The number of nitrogens with zero attached hydrogens (tertiary/aromatic N) is 2. The first kappa shape index (κ1) is 13.2. The van der Waals surface area contributed by atoms with Gasteiger partial charge in [-0.2, -0.15) is 0 Å². The first-order valence-electron chi connectivity index (χ1n) is 8.02. The van der Waals surface area contributed by atoms with Gasteiger partial charge in [0.05, 0.1) is 11.2 Å². The number of hydrogen-bond acceptors (Lipinski definition) is 2. The van der Waals surface area contributed by atoms with Gasteiger partial charge in [-0.1, -0.05) is 66.7 Å². The van der Waals surface area contributed by atoms with Crippen molar-refractivity contribution in [3.63, 3.8) is 0 Å². The highest BCUT2D eigenvalue weighted by Gasteiger charge is 2.13. The molecule has 24 heavy (non-hydrogen) atoms. The standard InChI is InChI=1S/C22H14N2/c1-3-9-17-15(7-1)13-16-8-2-4-10-18(16)21(17)22-19-11-5-6-12-20(19)23-14-24-22/h1-14H. The monoisotopic (exact) mass is 306 g/mol. The molecule has 0 aliphatic rings. The van der Waals surface area contributed by atoms with Crippen molar-refractivity contribution in [1.82, 2.24) is 9.97 Å². The Morgan fingerprint density at radius 3 is 1.83 bits per heavy atom. The van der Waals surface area contributed by atoms with Crippen LogP contribution in [0.4, 0.5) is 0 Å². The number of aromatic nitrogens is 2. The minimum atomic E-state index is 0.972. The van der Waals surface area contributed by atoms with Crippen molar-refractivity contribution in [3.8, 4) is 11.3 Å². The van der Waals surface area contributed by atoms with E-state index in [2.05, 4.69) is 70.6 Å². The molecular formula is C22H14N2. The van der Waals surface area contributed by atoms with E-state index in [1.54, 1.807) is 6.33 Å². The number of para-hydroxylation sites is 1. The highest BCUT2D eigenvalue weighted by molar-refractivity contribution is 6.15. The van der Waals surface area contributed by atoms with Crippen LogP contribution >= 0.6 is 0 Å². The van der Waals surface area contributed by atoms with Gasteiger partial charge in [0.1, 0.15) is 6.33 Å². The highest BCUT2D eigenvalue weighted by atomic mass is 14.8. The molecule has 0 aliphatic heterocycles. The van der Waals surface area contributed by atoms with Gasteiger partial charge >= 0.3 is 0 Å². The molecule has 1 aromatic heterocycles. The van der Waals surface area contributed by atoms with Gasteiger partial charge in [-0.15, -0.1) is 0 Å². The fourth-order valence-corrected chi connectivity index (χ4v) is 3.47. The summed E-state index contributed by atoms with van der Waals surface area (Å²) in [6, 6.07) is 27.5. The van der Waals surface area contributed by atoms with Crippen LogP contribution in [0.3, 0.4) is 0 Å². The molecule has 0 amide bonds. The Bertz CT molecular complexity index is 1150. The van der Waals surface area contributed by atoms with Crippen LogP contribution in [0.1, 0.15) is 0 Å². The van der Waals surface area contributed by atoms with Crippen molar-refractivity contribution in [3.05, 3.63) is 85.2 Å². The van der Waals surface area contributed by atoms with Crippen LogP contribution in [0.25, 0.3) is 43.7 Å². The Labute approximate surface area is 139 Å². The molecule has 0 radical (unpaired) electrons. The predicted octanol–water partition coefficient (Wildman–Crippen LogP) is 5.60. The fourth-order valence-electron chi connectivity index (χ4n) is 3.47. The van der Waals surface area contributed by atoms with E-state index in [4.69, 9.17) is 0 Å². The van der Waals surface area contributed by atoms with Crippen molar-refractivity contribution in [2.24, 2.45) is 0 Å². The van der Waals surface area contributed by atoms with E-state index in [1.165, 1.54) is 27.1 Å². The van der Waals surface area contributed by atoms with E-state index < -0.39 is 0 Å². The van der Waals surface area contributed by atoms with Crippen LogP contribution in [-0.4, -0.2) is 9.97 Å². The summed E-state index contributed by atoms with van der Waals surface area (Å²) in [5, 5.41) is 5.99. The molecule has 5 aromatic rings. The van der Waals surface area contributed by atoms with Crippen LogP contribution in [0.15, 0.2) is 85.2 Å². The Morgan fingerprint density at radius 2 is 1.12 bits per heavy atom. The molecule has 0 fully saturated rings. The zero-order chi connectivity index (χ0) is 15.9. The number of rotatable bonds is 1. The van der Waals surface area contributed by atoms with Crippen LogP contribution in [-0.2, 0) is 0 Å². The maximum absolute atomic E-state index is 4.67. The van der Waals surface area contributed by atoms with Crippen LogP contribution in [0.5, 0.6) is 0 Å². The number of fused-ring (bicyclic) bond motifs is 3. The predicted molar refractivity (Wildman–Crippen MR) is 100.0 cm³/mol. The summed E-state index contributed by atoms with van der Waals surface area (Å²) in [5.41, 5.74) is 3.15. The largest absolute Gasteiger partial charge is 0.236 e. The van der Waals surface area contributed by atoms with Crippen molar-refractivity contribution < 1.29 is 0 Å². The molecule has 0 saturated carbocycles. The van der Waals surface area contributed by atoms with Gasteiger partial charge in [-0.05, 0) is 33.7 Å². The lowest BCUT2D eigenvalue weighted by atomic mass is 9.93. The average Bonchev–Trinajstić information content (AvgIpc) is 2.66. The summed E-state index contributed by atoms with van der Waals surface area (Å²) in [6.45, 7) is 0. The molecule has 1 heterocycles. The van der Waals surface area contributed by atoms with E-state index in [1.807, 2.05) is 18.2 Å². The fraction of sp³-hybridized carbons (Fsp3) is 0. The zero-order valence-electron chi connectivity index (χ0n) is 13.0. The van der Waals surface area contributed by atoms with Crippen molar-refractivity contribution in [1.29, 1.82) is 0 Å². The Balaban J connectivity index is 2.04. The summed E-state index contributed by atoms with van der Waals surface area (Å²) in [4.78, 5) is 9.08. The second-order valence-corrected chi connectivity index (χ2v) is 5.93. The molecule has 4 aromatic carbocycles. The first-order chi connectivity index (χ1) is 11.9. The molecule has 112 valence electrons. The average molecular weight is 306 g/mol.